The first-order valence-electron chi connectivity index (χ1n) is 10.0. The molecule has 1 aliphatic rings. The summed E-state index contributed by atoms with van der Waals surface area (Å²) in [7, 11) is 0. The van der Waals surface area contributed by atoms with Gasteiger partial charge in [-0.05, 0) is 33.9 Å². The van der Waals surface area contributed by atoms with Crippen LogP contribution in [0.2, 0.25) is 0 Å². The first-order valence-corrected chi connectivity index (χ1v) is 10.0. The van der Waals surface area contributed by atoms with Crippen molar-refractivity contribution in [2.24, 2.45) is 5.73 Å². The van der Waals surface area contributed by atoms with Crippen LogP contribution in [0.25, 0.3) is 11.1 Å². The van der Waals surface area contributed by atoms with Crippen molar-refractivity contribution in [1.82, 2.24) is 10.3 Å². The molecule has 2 amide bonds. The number of ether oxygens (including phenoxy) is 1. The average molecular weight is 431 g/mol. The molecule has 162 valence electrons. The molecule has 1 heterocycles. The van der Waals surface area contributed by atoms with Crippen LogP contribution in [0.15, 0.2) is 66.9 Å². The summed E-state index contributed by atoms with van der Waals surface area (Å²) in [5, 5.41) is 11.9. The van der Waals surface area contributed by atoms with Crippen molar-refractivity contribution in [3.05, 3.63) is 89.2 Å². The van der Waals surface area contributed by atoms with Gasteiger partial charge in [-0.25, -0.2) is 9.59 Å². The molecule has 2 aromatic carbocycles. The van der Waals surface area contributed by atoms with Gasteiger partial charge < -0.3 is 20.9 Å². The van der Waals surface area contributed by atoms with Crippen LogP contribution in [0, 0.1) is 0 Å². The number of carbonyl (C=O) groups is 3. The molecule has 1 atom stereocenters. The van der Waals surface area contributed by atoms with Crippen molar-refractivity contribution in [2.45, 2.75) is 18.4 Å². The fourth-order valence-electron chi connectivity index (χ4n) is 3.91. The number of amides is 2. The van der Waals surface area contributed by atoms with Gasteiger partial charge in [0.25, 0.3) is 5.91 Å². The summed E-state index contributed by atoms with van der Waals surface area (Å²) in [5.41, 5.74) is 10.1. The maximum Gasteiger partial charge on any atom is 0.407 e. The number of fused-ring (bicyclic) bond motifs is 3. The number of benzene rings is 2. The van der Waals surface area contributed by atoms with Crippen LogP contribution in [0.3, 0.4) is 0 Å². The van der Waals surface area contributed by atoms with Gasteiger partial charge in [0.05, 0.1) is 0 Å². The third-order valence-electron chi connectivity index (χ3n) is 5.45. The van der Waals surface area contributed by atoms with Gasteiger partial charge in [-0.2, -0.15) is 0 Å². The van der Waals surface area contributed by atoms with E-state index in [2.05, 4.69) is 10.3 Å². The van der Waals surface area contributed by atoms with Gasteiger partial charge in [-0.1, -0.05) is 54.6 Å². The fourth-order valence-corrected chi connectivity index (χ4v) is 3.91. The van der Waals surface area contributed by atoms with E-state index in [0.29, 0.717) is 5.56 Å². The molecule has 0 spiro atoms. The van der Waals surface area contributed by atoms with E-state index >= 15 is 0 Å². The zero-order chi connectivity index (χ0) is 22.7. The molecule has 0 bridgehead atoms. The zero-order valence-electron chi connectivity index (χ0n) is 17.0. The van der Waals surface area contributed by atoms with Gasteiger partial charge in [0.1, 0.15) is 18.3 Å². The first kappa shape index (κ1) is 21.0. The Morgan fingerprint density at radius 3 is 2.16 bits per heavy atom. The average Bonchev–Trinajstić information content (AvgIpc) is 3.11. The Bertz CT molecular complexity index is 1130. The minimum Gasteiger partial charge on any atom is -0.480 e. The third-order valence-corrected chi connectivity index (χ3v) is 5.45. The highest BCUT2D eigenvalue weighted by atomic mass is 16.5. The van der Waals surface area contributed by atoms with E-state index in [9.17, 15) is 19.5 Å². The number of aliphatic carboxylic acids is 1. The zero-order valence-corrected chi connectivity index (χ0v) is 17.0. The second-order valence-electron chi connectivity index (χ2n) is 7.48. The Kier molecular flexibility index (Phi) is 5.85. The van der Waals surface area contributed by atoms with Crippen LogP contribution >= 0.6 is 0 Å². The summed E-state index contributed by atoms with van der Waals surface area (Å²) in [6, 6.07) is 17.6. The molecule has 0 fully saturated rings. The van der Waals surface area contributed by atoms with Crippen LogP contribution in [-0.2, 0) is 16.0 Å². The summed E-state index contributed by atoms with van der Waals surface area (Å²) in [6.45, 7) is 0.0844. The second kappa shape index (κ2) is 8.89. The number of nitrogens with zero attached hydrogens (tertiary/aromatic N) is 1. The molecular weight excluding hydrogens is 410 g/mol. The summed E-state index contributed by atoms with van der Waals surface area (Å²) in [4.78, 5) is 39.0. The molecule has 1 aliphatic carbocycles. The molecular formula is C24H21N3O5. The van der Waals surface area contributed by atoms with Gasteiger partial charge in [0.15, 0.2) is 0 Å². The number of hydrogen-bond donors (Lipinski definition) is 3. The topological polar surface area (TPSA) is 132 Å². The number of pyridine rings is 1. The Hall–Kier alpha value is -4.20. The number of rotatable bonds is 7. The van der Waals surface area contributed by atoms with Crippen LogP contribution in [0.4, 0.5) is 4.79 Å². The lowest BCUT2D eigenvalue weighted by molar-refractivity contribution is -0.139. The SMILES string of the molecule is NC(=O)c1ccc(CC(NC(=O)OCC2c3ccccc3-c3ccccc32)C(=O)O)cn1. The molecule has 32 heavy (non-hydrogen) atoms. The Morgan fingerprint density at radius 2 is 1.62 bits per heavy atom. The second-order valence-corrected chi connectivity index (χ2v) is 7.48. The monoisotopic (exact) mass is 431 g/mol. The number of carboxylic acids is 1. The first-order chi connectivity index (χ1) is 15.4. The van der Waals surface area contributed by atoms with Gasteiger partial charge >= 0.3 is 12.1 Å². The number of alkyl carbamates (subject to hydrolysis) is 1. The van der Waals surface area contributed by atoms with Crippen molar-refractivity contribution in [2.75, 3.05) is 6.61 Å². The fraction of sp³-hybridized carbons (Fsp3) is 0.167. The predicted octanol–water partition coefficient (Wildman–Crippen LogP) is 2.71. The van der Waals surface area contributed by atoms with Crippen molar-refractivity contribution >= 4 is 18.0 Å². The molecule has 1 unspecified atom stereocenters. The van der Waals surface area contributed by atoms with Gasteiger partial charge in [0.2, 0.25) is 0 Å². The maximum atomic E-state index is 12.4. The molecule has 8 heteroatoms. The molecule has 0 radical (unpaired) electrons. The summed E-state index contributed by atoms with van der Waals surface area (Å²) < 4.78 is 5.42. The van der Waals surface area contributed by atoms with Gasteiger partial charge in [-0.3, -0.25) is 9.78 Å². The molecule has 3 aromatic rings. The number of hydrogen-bond acceptors (Lipinski definition) is 5. The van der Waals surface area contributed by atoms with E-state index in [4.69, 9.17) is 10.5 Å². The van der Waals surface area contributed by atoms with Crippen LogP contribution in [-0.4, -0.2) is 40.7 Å². The summed E-state index contributed by atoms with van der Waals surface area (Å²) in [6.07, 6.45) is 0.516. The number of nitrogens with two attached hydrogens (primary N) is 1. The highest BCUT2D eigenvalue weighted by Crippen LogP contribution is 2.44. The number of carboxylic acid groups (broad SMARTS) is 1. The van der Waals surface area contributed by atoms with E-state index < -0.39 is 24.0 Å². The van der Waals surface area contributed by atoms with Gasteiger partial charge in [0, 0.05) is 18.5 Å². The molecule has 8 nitrogen and oxygen atoms in total. The van der Waals surface area contributed by atoms with Gasteiger partial charge in [-0.15, -0.1) is 0 Å². The number of carbonyl (C=O) groups excluding carboxylic acids is 2. The highest BCUT2D eigenvalue weighted by Gasteiger charge is 2.29. The largest absolute Gasteiger partial charge is 0.480 e. The molecule has 4 N–H and O–H groups in total. The highest BCUT2D eigenvalue weighted by molar-refractivity contribution is 5.90. The third kappa shape index (κ3) is 4.29. The van der Waals surface area contributed by atoms with Crippen molar-refractivity contribution in [3.63, 3.8) is 0 Å². The Morgan fingerprint density at radius 1 is 1.00 bits per heavy atom. The van der Waals surface area contributed by atoms with Crippen molar-refractivity contribution in [1.29, 1.82) is 0 Å². The Labute approximate surface area is 184 Å². The minimum absolute atomic E-state index is 0.0223. The molecule has 4 rings (SSSR count). The summed E-state index contributed by atoms with van der Waals surface area (Å²) >= 11 is 0. The van der Waals surface area contributed by atoms with Crippen molar-refractivity contribution < 1.29 is 24.2 Å². The lowest BCUT2D eigenvalue weighted by Crippen LogP contribution is -2.43. The predicted molar refractivity (Wildman–Crippen MR) is 116 cm³/mol. The van der Waals surface area contributed by atoms with Crippen molar-refractivity contribution in [3.8, 4) is 11.1 Å². The Balaban J connectivity index is 1.41. The number of aromatic nitrogens is 1. The quantitative estimate of drug-likeness (QED) is 0.527. The number of nitrogens with one attached hydrogen (secondary N) is 1. The lowest BCUT2D eigenvalue weighted by atomic mass is 9.98. The lowest BCUT2D eigenvalue weighted by Gasteiger charge is -2.17. The van der Waals surface area contributed by atoms with Crippen LogP contribution in [0.1, 0.15) is 33.1 Å². The van der Waals surface area contributed by atoms with E-state index in [1.165, 1.54) is 12.3 Å². The van der Waals surface area contributed by atoms with E-state index in [0.717, 1.165) is 22.3 Å². The molecule has 1 aromatic heterocycles. The standard InChI is InChI=1S/C24H21N3O5/c25-22(28)20-10-9-14(12-26-20)11-21(23(29)30)27-24(31)32-13-19-17-7-3-1-5-15(17)16-6-2-4-8-18(16)19/h1-10,12,19,21H,11,13H2,(H2,25,28)(H,27,31)(H,29,30). The maximum absolute atomic E-state index is 12.4. The smallest absolute Gasteiger partial charge is 0.407 e. The summed E-state index contributed by atoms with van der Waals surface area (Å²) in [5.74, 6) is -2.01. The minimum atomic E-state index is -1.22. The molecule has 0 saturated carbocycles. The van der Waals surface area contributed by atoms with Crippen LogP contribution < -0.4 is 11.1 Å². The molecule has 0 aliphatic heterocycles. The van der Waals surface area contributed by atoms with E-state index in [1.807, 2.05) is 48.5 Å². The normalized spacial score (nSPS) is 13.0. The molecule has 0 saturated heterocycles. The van der Waals surface area contributed by atoms with Crippen LogP contribution in [0.5, 0.6) is 0 Å². The number of primary amides is 1. The van der Waals surface area contributed by atoms with E-state index in [-0.39, 0.29) is 24.6 Å². The van der Waals surface area contributed by atoms with E-state index in [1.54, 1.807) is 6.07 Å².